The lowest BCUT2D eigenvalue weighted by Gasteiger charge is -2.36. The molecule has 2 atom stereocenters. The Morgan fingerprint density at radius 3 is 2.86 bits per heavy atom. The summed E-state index contributed by atoms with van der Waals surface area (Å²) in [5, 5.41) is 12.6. The number of oxime groups is 1. The number of aliphatic carboxylic acids is 1. The minimum atomic E-state index is -1.05. The van der Waals surface area contributed by atoms with E-state index < -0.39 is 12.0 Å². The lowest BCUT2D eigenvalue weighted by Crippen LogP contribution is -2.55. The maximum atomic E-state index is 11.1. The third-order valence-electron chi connectivity index (χ3n) is 2.57. The lowest BCUT2D eigenvalue weighted by molar-refractivity contribution is -0.155. The van der Waals surface area contributed by atoms with E-state index >= 15 is 0 Å². The Hall–Kier alpha value is -1.59. The van der Waals surface area contributed by atoms with Crippen molar-refractivity contribution >= 4 is 17.6 Å². The first kappa shape index (κ1) is 8.98. The Balaban J connectivity index is 2.26. The average molecular weight is 198 g/mol. The predicted octanol–water partition coefficient (Wildman–Crippen LogP) is -0.553. The highest BCUT2D eigenvalue weighted by Gasteiger charge is 2.52. The van der Waals surface area contributed by atoms with Gasteiger partial charge in [-0.15, -0.1) is 0 Å². The molecule has 6 nitrogen and oxygen atoms in total. The van der Waals surface area contributed by atoms with Crippen molar-refractivity contribution in [3.8, 4) is 0 Å². The summed E-state index contributed by atoms with van der Waals surface area (Å²) in [6.07, 6.45) is 0.934. The predicted molar refractivity (Wildman–Crippen MR) is 45.7 cm³/mol. The number of hydrogen-bond acceptors (Lipinski definition) is 4. The molecule has 1 N–H and O–H groups in total. The Morgan fingerprint density at radius 1 is 1.64 bits per heavy atom. The zero-order valence-electron chi connectivity index (χ0n) is 7.64. The monoisotopic (exact) mass is 198 g/mol. The summed E-state index contributed by atoms with van der Waals surface area (Å²) in [5.74, 6) is -1.17. The van der Waals surface area contributed by atoms with Crippen molar-refractivity contribution in [2.24, 2.45) is 5.16 Å². The molecule has 0 radical (unpaired) electrons. The van der Waals surface area contributed by atoms with Gasteiger partial charge in [-0.1, -0.05) is 5.16 Å². The third kappa shape index (κ3) is 1.07. The van der Waals surface area contributed by atoms with Crippen molar-refractivity contribution in [3.63, 3.8) is 0 Å². The second kappa shape index (κ2) is 2.97. The number of carbonyl (C=O) groups is 2. The van der Waals surface area contributed by atoms with E-state index in [-0.39, 0.29) is 11.9 Å². The Labute approximate surface area is 80.1 Å². The molecule has 0 aromatic carbocycles. The highest BCUT2D eigenvalue weighted by molar-refractivity contribution is 6.12. The summed E-state index contributed by atoms with van der Waals surface area (Å²) in [4.78, 5) is 27.9. The first-order valence-corrected chi connectivity index (χ1v) is 4.29. The van der Waals surface area contributed by atoms with Crippen molar-refractivity contribution in [1.29, 1.82) is 0 Å². The Bertz CT molecular complexity index is 325. The molecular formula is C8H10N2O4. The van der Waals surface area contributed by atoms with Gasteiger partial charge < -0.3 is 14.8 Å². The molecule has 2 rings (SSSR count). The normalized spacial score (nSPS) is 32.8. The van der Waals surface area contributed by atoms with Gasteiger partial charge >= 0.3 is 5.97 Å². The summed E-state index contributed by atoms with van der Waals surface area (Å²) in [6, 6.07) is -0.904. The molecule has 2 saturated heterocycles. The standard InChI is InChI=1S/C8H10N2O4/c1-14-9-5-2-4-3-6(11)10(4)7(5)8(12)13/h4,7H,2-3H2,1H3,(H,12,13)/b9-5+/t4-,7-/m1/s1. The molecule has 0 spiro atoms. The quantitative estimate of drug-likeness (QED) is 0.476. The molecule has 2 aliphatic heterocycles. The average Bonchev–Trinajstić information content (AvgIpc) is 2.39. The van der Waals surface area contributed by atoms with Gasteiger partial charge in [-0.05, 0) is 0 Å². The van der Waals surface area contributed by atoms with Crippen molar-refractivity contribution in [2.45, 2.75) is 24.9 Å². The molecule has 0 bridgehead atoms. The molecule has 0 aliphatic carbocycles. The number of fused-ring (bicyclic) bond motifs is 1. The van der Waals surface area contributed by atoms with Crippen molar-refractivity contribution < 1.29 is 19.5 Å². The molecule has 6 heteroatoms. The van der Waals surface area contributed by atoms with Gasteiger partial charge in [0.2, 0.25) is 5.91 Å². The minimum Gasteiger partial charge on any atom is -0.479 e. The molecule has 0 aromatic heterocycles. The van der Waals surface area contributed by atoms with Crippen molar-refractivity contribution in [3.05, 3.63) is 0 Å². The Morgan fingerprint density at radius 2 is 2.36 bits per heavy atom. The van der Waals surface area contributed by atoms with Crippen LogP contribution in [-0.2, 0) is 14.4 Å². The van der Waals surface area contributed by atoms with Crippen LogP contribution in [0, 0.1) is 0 Å². The fourth-order valence-electron chi connectivity index (χ4n) is 2.00. The smallest absolute Gasteiger partial charge is 0.332 e. The number of amides is 1. The van der Waals surface area contributed by atoms with E-state index in [0.717, 1.165) is 0 Å². The lowest BCUT2D eigenvalue weighted by atomic mass is 10.0. The van der Waals surface area contributed by atoms with E-state index in [9.17, 15) is 9.59 Å². The molecular weight excluding hydrogens is 188 g/mol. The molecule has 2 aliphatic rings. The largest absolute Gasteiger partial charge is 0.479 e. The first-order chi connectivity index (χ1) is 6.65. The molecule has 0 saturated carbocycles. The fourth-order valence-corrected chi connectivity index (χ4v) is 2.00. The zero-order chi connectivity index (χ0) is 10.3. The molecule has 14 heavy (non-hydrogen) atoms. The molecule has 76 valence electrons. The summed E-state index contributed by atoms with van der Waals surface area (Å²) in [5.41, 5.74) is 0.427. The van der Waals surface area contributed by atoms with E-state index in [0.29, 0.717) is 18.6 Å². The second-order valence-corrected chi connectivity index (χ2v) is 3.37. The van der Waals surface area contributed by atoms with Gasteiger partial charge in [0, 0.05) is 18.9 Å². The van der Waals surface area contributed by atoms with E-state index in [1.54, 1.807) is 0 Å². The van der Waals surface area contributed by atoms with Crippen LogP contribution in [0.25, 0.3) is 0 Å². The van der Waals surface area contributed by atoms with Crippen LogP contribution in [0.15, 0.2) is 5.16 Å². The minimum absolute atomic E-state index is 0.0116. The number of β-lactam (4-membered cyclic amide) rings is 1. The van der Waals surface area contributed by atoms with Gasteiger partial charge in [-0.3, -0.25) is 4.79 Å². The number of hydrogen-bond donors (Lipinski definition) is 1. The van der Waals surface area contributed by atoms with E-state index in [1.807, 2.05) is 0 Å². The van der Waals surface area contributed by atoms with Crippen LogP contribution in [0.2, 0.25) is 0 Å². The van der Waals surface area contributed by atoms with Gasteiger partial charge in [0.15, 0.2) is 6.04 Å². The number of carboxylic acids is 1. The van der Waals surface area contributed by atoms with E-state index in [1.165, 1.54) is 12.0 Å². The topological polar surface area (TPSA) is 79.2 Å². The van der Waals surface area contributed by atoms with Crippen LogP contribution < -0.4 is 0 Å². The van der Waals surface area contributed by atoms with Crippen LogP contribution in [0.4, 0.5) is 0 Å². The molecule has 0 unspecified atom stereocenters. The fraction of sp³-hybridized carbons (Fsp3) is 0.625. The number of nitrogens with zero attached hydrogens (tertiary/aromatic N) is 2. The first-order valence-electron chi connectivity index (χ1n) is 4.29. The molecule has 2 heterocycles. The van der Waals surface area contributed by atoms with Gasteiger partial charge in [0.05, 0.1) is 5.71 Å². The summed E-state index contributed by atoms with van der Waals surface area (Å²) < 4.78 is 0. The number of carboxylic acid groups (broad SMARTS) is 1. The summed E-state index contributed by atoms with van der Waals surface area (Å²) in [7, 11) is 1.36. The van der Waals surface area contributed by atoms with Crippen LogP contribution in [0.5, 0.6) is 0 Å². The highest BCUT2D eigenvalue weighted by Crippen LogP contribution is 2.33. The second-order valence-electron chi connectivity index (χ2n) is 3.37. The van der Waals surface area contributed by atoms with Crippen molar-refractivity contribution in [2.75, 3.05) is 7.11 Å². The molecule has 2 fully saturated rings. The summed E-state index contributed by atoms with van der Waals surface area (Å²) >= 11 is 0. The van der Waals surface area contributed by atoms with E-state index in [4.69, 9.17) is 5.11 Å². The van der Waals surface area contributed by atoms with Crippen LogP contribution in [0.3, 0.4) is 0 Å². The van der Waals surface area contributed by atoms with Gasteiger partial charge in [-0.2, -0.15) is 0 Å². The molecule has 1 amide bonds. The Kier molecular flexibility index (Phi) is 1.90. The van der Waals surface area contributed by atoms with Gasteiger partial charge in [0.1, 0.15) is 7.11 Å². The third-order valence-corrected chi connectivity index (χ3v) is 2.57. The maximum absolute atomic E-state index is 11.1. The van der Waals surface area contributed by atoms with Gasteiger partial charge in [-0.25, -0.2) is 4.79 Å². The van der Waals surface area contributed by atoms with Crippen molar-refractivity contribution in [1.82, 2.24) is 4.90 Å². The van der Waals surface area contributed by atoms with Crippen LogP contribution >= 0.6 is 0 Å². The maximum Gasteiger partial charge on any atom is 0.332 e. The van der Waals surface area contributed by atoms with E-state index in [2.05, 4.69) is 9.99 Å². The highest BCUT2D eigenvalue weighted by atomic mass is 16.6. The zero-order valence-corrected chi connectivity index (χ0v) is 7.64. The molecule has 0 aromatic rings. The van der Waals surface area contributed by atoms with Crippen LogP contribution in [0.1, 0.15) is 12.8 Å². The van der Waals surface area contributed by atoms with Crippen LogP contribution in [-0.4, -0.2) is 46.8 Å². The summed E-state index contributed by atoms with van der Waals surface area (Å²) in [6.45, 7) is 0. The SMILES string of the molecule is CO/N=C1\C[C@@H]2CC(=O)N2[C@H]1C(=O)O. The van der Waals surface area contributed by atoms with Gasteiger partial charge in [0.25, 0.3) is 0 Å². The number of rotatable bonds is 2. The number of carbonyl (C=O) groups excluding carboxylic acids is 1.